The molecule has 1 saturated heterocycles. The zero-order chi connectivity index (χ0) is 11.2. The van der Waals surface area contributed by atoms with Crippen LogP contribution in [-0.2, 0) is 0 Å². The maximum Gasteiger partial charge on any atom is 0.0667 e. The van der Waals surface area contributed by atoms with Crippen LogP contribution in [0.1, 0.15) is 18.4 Å². The van der Waals surface area contributed by atoms with Gasteiger partial charge in [0.2, 0.25) is 0 Å². The second-order valence-corrected chi connectivity index (χ2v) is 4.37. The number of β-amino-alcohol motifs (C(OH)–C–C–N with tert-alkyl or cyclic N) is 1. The summed E-state index contributed by atoms with van der Waals surface area (Å²) in [5.74, 6) is 0. The van der Waals surface area contributed by atoms with E-state index in [4.69, 9.17) is 0 Å². The van der Waals surface area contributed by atoms with Gasteiger partial charge in [0, 0.05) is 13.1 Å². The van der Waals surface area contributed by atoms with Crippen LogP contribution in [0.15, 0.2) is 36.4 Å². The fourth-order valence-electron chi connectivity index (χ4n) is 2.10. The molecule has 0 radical (unpaired) electrons. The Hall–Kier alpha value is -1.12. The van der Waals surface area contributed by atoms with Crippen LogP contribution in [0.5, 0.6) is 0 Å². The van der Waals surface area contributed by atoms with Gasteiger partial charge in [-0.05, 0) is 24.9 Å². The first-order valence-electron chi connectivity index (χ1n) is 5.96. The highest BCUT2D eigenvalue weighted by Crippen LogP contribution is 2.09. The zero-order valence-electron chi connectivity index (χ0n) is 9.55. The normalized spacial score (nSPS) is 22.7. The van der Waals surface area contributed by atoms with E-state index in [1.807, 2.05) is 18.2 Å². The van der Waals surface area contributed by atoms with Crippen molar-refractivity contribution in [3.05, 3.63) is 42.0 Å². The average Bonchev–Trinajstić information content (AvgIpc) is 2.30. The Morgan fingerprint density at radius 2 is 2.12 bits per heavy atom. The lowest BCUT2D eigenvalue weighted by Crippen LogP contribution is -2.38. The van der Waals surface area contributed by atoms with E-state index in [0.29, 0.717) is 0 Å². The molecule has 1 aromatic carbocycles. The highest BCUT2D eigenvalue weighted by Gasteiger charge is 2.15. The smallest absolute Gasteiger partial charge is 0.0667 e. The lowest BCUT2D eigenvalue weighted by atomic mass is 10.1. The quantitative estimate of drug-likeness (QED) is 0.838. The van der Waals surface area contributed by atoms with E-state index < -0.39 is 0 Å². The topological polar surface area (TPSA) is 23.5 Å². The van der Waals surface area contributed by atoms with Gasteiger partial charge in [0.25, 0.3) is 0 Å². The van der Waals surface area contributed by atoms with Crippen molar-refractivity contribution < 1.29 is 5.11 Å². The molecule has 1 fully saturated rings. The van der Waals surface area contributed by atoms with Gasteiger partial charge in [-0.2, -0.15) is 0 Å². The molecule has 2 heteroatoms. The van der Waals surface area contributed by atoms with Crippen molar-refractivity contribution in [3.8, 4) is 0 Å². The highest BCUT2D eigenvalue weighted by atomic mass is 16.3. The first-order valence-corrected chi connectivity index (χ1v) is 5.96. The molecule has 0 aromatic heterocycles. The van der Waals surface area contributed by atoms with Crippen molar-refractivity contribution in [2.24, 2.45) is 0 Å². The van der Waals surface area contributed by atoms with Crippen molar-refractivity contribution in [1.82, 2.24) is 4.90 Å². The van der Waals surface area contributed by atoms with Crippen molar-refractivity contribution in [2.75, 3.05) is 19.6 Å². The highest BCUT2D eigenvalue weighted by molar-refractivity contribution is 5.48. The van der Waals surface area contributed by atoms with Crippen molar-refractivity contribution in [2.45, 2.75) is 18.9 Å². The molecule has 0 amide bonds. The Balaban J connectivity index is 1.80. The Bertz CT molecular complexity index is 334. The predicted octanol–water partition coefficient (Wildman–Crippen LogP) is 2.16. The summed E-state index contributed by atoms with van der Waals surface area (Å²) in [5.41, 5.74) is 1.24. The van der Waals surface area contributed by atoms with Gasteiger partial charge in [-0.15, -0.1) is 0 Å². The molecule has 0 saturated carbocycles. The minimum absolute atomic E-state index is 0.126. The molecule has 0 bridgehead atoms. The van der Waals surface area contributed by atoms with Crippen molar-refractivity contribution in [1.29, 1.82) is 0 Å². The van der Waals surface area contributed by atoms with E-state index in [0.717, 1.165) is 32.5 Å². The Labute approximate surface area is 97.2 Å². The third-order valence-electron chi connectivity index (χ3n) is 2.95. The number of hydrogen-bond acceptors (Lipinski definition) is 2. The lowest BCUT2D eigenvalue weighted by molar-refractivity contribution is 0.0771. The van der Waals surface area contributed by atoms with Crippen molar-refractivity contribution in [3.63, 3.8) is 0 Å². The number of benzene rings is 1. The summed E-state index contributed by atoms with van der Waals surface area (Å²) < 4.78 is 0. The SMILES string of the molecule is OC1CCCN(CC=Cc2ccccc2)C1. The first-order chi connectivity index (χ1) is 7.84. The lowest BCUT2D eigenvalue weighted by Gasteiger charge is -2.28. The van der Waals surface area contributed by atoms with Crippen LogP contribution in [0.4, 0.5) is 0 Å². The number of aliphatic hydroxyl groups is 1. The van der Waals surface area contributed by atoms with E-state index in [1.54, 1.807) is 0 Å². The largest absolute Gasteiger partial charge is 0.392 e. The summed E-state index contributed by atoms with van der Waals surface area (Å²) in [7, 11) is 0. The predicted molar refractivity (Wildman–Crippen MR) is 67.2 cm³/mol. The van der Waals surface area contributed by atoms with Gasteiger partial charge in [0.05, 0.1) is 6.10 Å². The van der Waals surface area contributed by atoms with E-state index >= 15 is 0 Å². The number of rotatable bonds is 3. The van der Waals surface area contributed by atoms with Crippen LogP contribution in [-0.4, -0.2) is 35.7 Å². The van der Waals surface area contributed by atoms with Gasteiger partial charge in [-0.1, -0.05) is 42.5 Å². The van der Waals surface area contributed by atoms with Crippen molar-refractivity contribution >= 4 is 6.08 Å². The Morgan fingerprint density at radius 3 is 2.88 bits per heavy atom. The number of likely N-dealkylation sites (tertiary alicyclic amines) is 1. The van der Waals surface area contributed by atoms with Gasteiger partial charge in [0.15, 0.2) is 0 Å². The number of nitrogens with zero attached hydrogens (tertiary/aromatic N) is 1. The molecule has 1 heterocycles. The van der Waals surface area contributed by atoms with Gasteiger partial charge < -0.3 is 5.11 Å². The molecule has 1 atom stereocenters. The first kappa shape index (κ1) is 11.4. The van der Waals surface area contributed by atoms with Crippen LogP contribution >= 0.6 is 0 Å². The summed E-state index contributed by atoms with van der Waals surface area (Å²) in [6.45, 7) is 2.86. The van der Waals surface area contributed by atoms with Gasteiger partial charge in [-0.3, -0.25) is 4.90 Å². The fourth-order valence-corrected chi connectivity index (χ4v) is 2.10. The Kier molecular flexibility index (Phi) is 4.14. The number of piperidine rings is 1. The van der Waals surface area contributed by atoms with Crippen LogP contribution in [0.25, 0.3) is 6.08 Å². The number of aliphatic hydroxyl groups excluding tert-OH is 1. The second kappa shape index (κ2) is 5.83. The summed E-state index contributed by atoms with van der Waals surface area (Å²) in [6.07, 6.45) is 6.26. The van der Waals surface area contributed by atoms with Crippen LogP contribution < -0.4 is 0 Å². The monoisotopic (exact) mass is 217 g/mol. The fraction of sp³-hybridized carbons (Fsp3) is 0.429. The maximum atomic E-state index is 9.53. The summed E-state index contributed by atoms with van der Waals surface area (Å²) in [5, 5.41) is 9.53. The van der Waals surface area contributed by atoms with E-state index in [-0.39, 0.29) is 6.10 Å². The molecule has 1 aromatic rings. The molecule has 2 nitrogen and oxygen atoms in total. The third kappa shape index (κ3) is 3.47. The molecule has 86 valence electrons. The minimum Gasteiger partial charge on any atom is -0.392 e. The summed E-state index contributed by atoms with van der Waals surface area (Å²) in [4.78, 5) is 2.30. The molecule has 2 rings (SSSR count). The molecule has 0 aliphatic carbocycles. The number of hydrogen-bond donors (Lipinski definition) is 1. The minimum atomic E-state index is -0.126. The van der Waals surface area contributed by atoms with Crippen LogP contribution in [0.3, 0.4) is 0 Å². The van der Waals surface area contributed by atoms with E-state index in [1.165, 1.54) is 5.56 Å². The van der Waals surface area contributed by atoms with E-state index in [9.17, 15) is 5.11 Å². The molecule has 0 spiro atoms. The van der Waals surface area contributed by atoms with Gasteiger partial charge >= 0.3 is 0 Å². The van der Waals surface area contributed by atoms with E-state index in [2.05, 4.69) is 29.2 Å². The van der Waals surface area contributed by atoms with Crippen LogP contribution in [0, 0.1) is 0 Å². The summed E-state index contributed by atoms with van der Waals surface area (Å²) in [6, 6.07) is 10.3. The van der Waals surface area contributed by atoms with Gasteiger partial charge in [0.1, 0.15) is 0 Å². The molecular formula is C14H19NO. The summed E-state index contributed by atoms with van der Waals surface area (Å²) >= 11 is 0. The average molecular weight is 217 g/mol. The second-order valence-electron chi connectivity index (χ2n) is 4.37. The zero-order valence-corrected chi connectivity index (χ0v) is 9.55. The van der Waals surface area contributed by atoms with Crippen LogP contribution in [0.2, 0.25) is 0 Å². The molecule has 16 heavy (non-hydrogen) atoms. The molecular weight excluding hydrogens is 198 g/mol. The maximum absolute atomic E-state index is 9.53. The van der Waals surface area contributed by atoms with Gasteiger partial charge in [-0.25, -0.2) is 0 Å². The molecule has 1 aliphatic heterocycles. The molecule has 1 N–H and O–H groups in total. The Morgan fingerprint density at radius 1 is 1.31 bits per heavy atom. The molecule has 1 unspecified atom stereocenters. The standard InChI is InChI=1S/C14H19NO/c16-14-9-5-11-15(12-14)10-4-8-13-6-2-1-3-7-13/h1-4,6-8,14,16H,5,9-12H2. The molecule has 1 aliphatic rings. The third-order valence-corrected chi connectivity index (χ3v) is 2.95.